The molecule has 112 valence electrons. The zero-order valence-electron chi connectivity index (χ0n) is 12.9. The molecular formula is C14H25N5O. The van der Waals surface area contributed by atoms with Crippen molar-refractivity contribution in [1.29, 1.82) is 0 Å². The molecule has 20 heavy (non-hydrogen) atoms. The average molecular weight is 279 g/mol. The Balaban J connectivity index is 1.94. The van der Waals surface area contributed by atoms with Crippen molar-refractivity contribution in [3.05, 3.63) is 11.6 Å². The Kier molecular flexibility index (Phi) is 4.13. The first kappa shape index (κ1) is 15.0. The summed E-state index contributed by atoms with van der Waals surface area (Å²) in [4.78, 5) is 13.9. The second kappa shape index (κ2) is 5.52. The number of rotatable bonds is 4. The summed E-state index contributed by atoms with van der Waals surface area (Å²) in [5.41, 5.74) is 6.01. The van der Waals surface area contributed by atoms with Crippen molar-refractivity contribution >= 4 is 5.91 Å². The van der Waals surface area contributed by atoms with Gasteiger partial charge < -0.3 is 15.2 Å². The maximum absolute atomic E-state index is 12.2. The van der Waals surface area contributed by atoms with Gasteiger partial charge in [0.2, 0.25) is 5.91 Å². The van der Waals surface area contributed by atoms with Crippen LogP contribution in [0.5, 0.6) is 0 Å². The van der Waals surface area contributed by atoms with Crippen LogP contribution in [0.15, 0.2) is 0 Å². The molecule has 0 radical (unpaired) electrons. The lowest BCUT2D eigenvalue weighted by Gasteiger charge is -2.28. The van der Waals surface area contributed by atoms with Gasteiger partial charge in [-0.1, -0.05) is 20.8 Å². The van der Waals surface area contributed by atoms with E-state index >= 15 is 0 Å². The van der Waals surface area contributed by atoms with Gasteiger partial charge in [-0.05, 0) is 11.8 Å². The van der Waals surface area contributed by atoms with Gasteiger partial charge in [0, 0.05) is 32.5 Å². The van der Waals surface area contributed by atoms with Crippen molar-refractivity contribution in [2.45, 2.75) is 59.2 Å². The Bertz CT molecular complexity index is 488. The van der Waals surface area contributed by atoms with E-state index in [1.54, 1.807) is 11.9 Å². The maximum Gasteiger partial charge on any atom is 0.224 e. The largest absolute Gasteiger partial charge is 0.338 e. The highest BCUT2D eigenvalue weighted by Crippen LogP contribution is 2.21. The molecule has 1 aromatic rings. The van der Waals surface area contributed by atoms with E-state index in [2.05, 4.69) is 35.5 Å². The third kappa shape index (κ3) is 3.17. The summed E-state index contributed by atoms with van der Waals surface area (Å²) >= 11 is 0. The lowest BCUT2D eigenvalue weighted by Crippen LogP contribution is -2.40. The van der Waals surface area contributed by atoms with E-state index in [4.69, 9.17) is 5.73 Å². The number of hydrogen-bond acceptors (Lipinski definition) is 4. The summed E-state index contributed by atoms with van der Waals surface area (Å²) < 4.78 is 2.12. The Morgan fingerprint density at radius 1 is 1.45 bits per heavy atom. The normalized spacial score (nSPS) is 16.1. The molecule has 0 spiro atoms. The van der Waals surface area contributed by atoms with Crippen LogP contribution < -0.4 is 5.73 Å². The van der Waals surface area contributed by atoms with Gasteiger partial charge in [0.25, 0.3) is 0 Å². The van der Waals surface area contributed by atoms with E-state index in [0.29, 0.717) is 13.0 Å². The Hall–Kier alpha value is -1.43. The van der Waals surface area contributed by atoms with Gasteiger partial charge in [-0.3, -0.25) is 4.79 Å². The highest BCUT2D eigenvalue weighted by Gasteiger charge is 2.25. The molecule has 2 N–H and O–H groups in total. The minimum absolute atomic E-state index is 0.0581. The van der Waals surface area contributed by atoms with Gasteiger partial charge in [-0.25, -0.2) is 0 Å². The van der Waals surface area contributed by atoms with Crippen molar-refractivity contribution < 1.29 is 4.79 Å². The first-order chi connectivity index (χ1) is 9.29. The average Bonchev–Trinajstić information content (AvgIpc) is 2.92. The number of fused-ring (bicyclic) bond motifs is 1. The van der Waals surface area contributed by atoms with E-state index in [-0.39, 0.29) is 17.4 Å². The van der Waals surface area contributed by atoms with Crippen LogP contribution in [0.1, 0.15) is 45.3 Å². The maximum atomic E-state index is 12.2. The Labute approximate surface area is 120 Å². The second-order valence-electron chi connectivity index (χ2n) is 6.71. The van der Waals surface area contributed by atoms with Crippen LogP contribution in [0, 0.1) is 5.41 Å². The van der Waals surface area contributed by atoms with Gasteiger partial charge in [0.15, 0.2) is 5.82 Å². The molecule has 1 unspecified atom stereocenters. The van der Waals surface area contributed by atoms with Gasteiger partial charge in [0.05, 0.1) is 6.54 Å². The molecule has 0 saturated carbocycles. The van der Waals surface area contributed by atoms with E-state index < -0.39 is 0 Å². The summed E-state index contributed by atoms with van der Waals surface area (Å²) in [6.45, 7) is 7.62. The van der Waals surface area contributed by atoms with Crippen molar-refractivity contribution in [2.75, 3.05) is 7.05 Å². The number of aryl methyl sites for hydroxylation is 1. The van der Waals surface area contributed by atoms with Crippen LogP contribution in [-0.2, 0) is 24.3 Å². The predicted octanol–water partition coefficient (Wildman–Crippen LogP) is 0.946. The molecule has 0 fully saturated rings. The van der Waals surface area contributed by atoms with E-state index in [9.17, 15) is 4.79 Å². The van der Waals surface area contributed by atoms with Crippen LogP contribution in [0.2, 0.25) is 0 Å². The number of hydrogen-bond donors (Lipinski definition) is 1. The molecule has 6 heteroatoms. The highest BCUT2D eigenvalue weighted by molar-refractivity contribution is 5.76. The van der Waals surface area contributed by atoms with Crippen molar-refractivity contribution in [1.82, 2.24) is 19.7 Å². The number of carbonyl (C=O) groups excluding carboxylic acids is 1. The molecule has 1 aliphatic rings. The van der Waals surface area contributed by atoms with E-state index in [0.717, 1.165) is 31.0 Å². The fourth-order valence-electron chi connectivity index (χ4n) is 2.28. The summed E-state index contributed by atoms with van der Waals surface area (Å²) in [7, 11) is 1.80. The van der Waals surface area contributed by atoms with Crippen LogP contribution in [0.4, 0.5) is 0 Å². The summed E-state index contributed by atoms with van der Waals surface area (Å²) in [5, 5.41) is 8.34. The van der Waals surface area contributed by atoms with Crippen LogP contribution >= 0.6 is 0 Å². The van der Waals surface area contributed by atoms with Gasteiger partial charge in [0.1, 0.15) is 5.82 Å². The molecule has 0 saturated heterocycles. The van der Waals surface area contributed by atoms with Gasteiger partial charge in [-0.15, -0.1) is 10.2 Å². The molecule has 1 amide bonds. The molecule has 2 heterocycles. The first-order valence-corrected chi connectivity index (χ1v) is 7.19. The molecule has 0 bridgehead atoms. The lowest BCUT2D eigenvalue weighted by atomic mass is 9.85. The number of aromatic nitrogens is 3. The Morgan fingerprint density at radius 3 is 2.80 bits per heavy atom. The van der Waals surface area contributed by atoms with Crippen molar-refractivity contribution in [3.8, 4) is 0 Å². The molecule has 1 atom stereocenters. The monoisotopic (exact) mass is 279 g/mol. The van der Waals surface area contributed by atoms with Gasteiger partial charge >= 0.3 is 0 Å². The van der Waals surface area contributed by atoms with Crippen LogP contribution in [0.3, 0.4) is 0 Å². The fourth-order valence-corrected chi connectivity index (χ4v) is 2.28. The minimum atomic E-state index is -0.137. The predicted molar refractivity (Wildman–Crippen MR) is 76.9 cm³/mol. The van der Waals surface area contributed by atoms with Crippen LogP contribution in [-0.4, -0.2) is 38.7 Å². The summed E-state index contributed by atoms with van der Waals surface area (Å²) in [6.07, 6.45) is 2.46. The zero-order valence-corrected chi connectivity index (χ0v) is 12.9. The molecule has 2 rings (SSSR count). The molecule has 0 aromatic carbocycles. The van der Waals surface area contributed by atoms with Gasteiger partial charge in [-0.2, -0.15) is 0 Å². The Morgan fingerprint density at radius 2 is 2.15 bits per heavy atom. The number of nitrogens with zero attached hydrogens (tertiary/aromatic N) is 4. The summed E-state index contributed by atoms with van der Waals surface area (Å²) in [6, 6.07) is -0.137. The first-order valence-electron chi connectivity index (χ1n) is 7.19. The highest BCUT2D eigenvalue weighted by atomic mass is 16.2. The number of carbonyl (C=O) groups is 1. The molecular weight excluding hydrogens is 254 g/mol. The van der Waals surface area contributed by atoms with Crippen molar-refractivity contribution in [3.63, 3.8) is 0 Å². The molecule has 6 nitrogen and oxygen atoms in total. The smallest absolute Gasteiger partial charge is 0.224 e. The molecule has 1 aromatic heterocycles. The quantitative estimate of drug-likeness (QED) is 0.890. The molecule has 1 aliphatic heterocycles. The van der Waals surface area contributed by atoms with E-state index in [1.807, 2.05) is 0 Å². The summed E-state index contributed by atoms with van der Waals surface area (Å²) in [5.74, 6) is 1.97. The second-order valence-corrected chi connectivity index (χ2v) is 6.71. The third-order valence-corrected chi connectivity index (χ3v) is 4.00. The number of amides is 1. The zero-order chi connectivity index (χ0) is 14.9. The minimum Gasteiger partial charge on any atom is -0.338 e. The fraction of sp³-hybridized carbons (Fsp3) is 0.786. The lowest BCUT2D eigenvalue weighted by molar-refractivity contribution is -0.131. The third-order valence-electron chi connectivity index (χ3n) is 4.00. The SMILES string of the molecule is CN(Cc1nnc2n1CCC2)C(=O)CC(N)C(C)(C)C. The standard InChI is InChI=1S/C14H25N5O/c1-14(2,3)10(15)8-13(20)18(4)9-12-17-16-11-6-5-7-19(11)12/h10H,5-9,15H2,1-4H3. The topological polar surface area (TPSA) is 77.0 Å². The van der Waals surface area contributed by atoms with E-state index in [1.165, 1.54) is 0 Å². The molecule has 0 aliphatic carbocycles. The van der Waals surface area contributed by atoms with Crippen LogP contribution in [0.25, 0.3) is 0 Å². The van der Waals surface area contributed by atoms with Crippen molar-refractivity contribution in [2.24, 2.45) is 11.1 Å². The number of nitrogens with two attached hydrogens (primary N) is 1.